The summed E-state index contributed by atoms with van der Waals surface area (Å²) < 4.78 is 47.4. The van der Waals surface area contributed by atoms with Crippen LogP contribution in [0.4, 0.5) is 13.2 Å². The van der Waals surface area contributed by atoms with Crippen LogP contribution in [0, 0.1) is 6.92 Å². The van der Waals surface area contributed by atoms with Crippen LogP contribution in [0.25, 0.3) is 0 Å². The summed E-state index contributed by atoms with van der Waals surface area (Å²) in [5, 5.41) is 3.83. The summed E-state index contributed by atoms with van der Waals surface area (Å²) in [6, 6.07) is 8.26. The second kappa shape index (κ2) is 8.12. The maximum Gasteiger partial charge on any atom is 0.435 e. The fourth-order valence-electron chi connectivity index (χ4n) is 3.20. The molecular weight excluding hydrogens is 442 g/mol. The quantitative estimate of drug-likeness (QED) is 0.493. The first-order chi connectivity index (χ1) is 13.9. The van der Waals surface area contributed by atoms with E-state index in [9.17, 15) is 18.0 Å². The van der Waals surface area contributed by atoms with Crippen molar-refractivity contribution < 1.29 is 27.5 Å². The Labute approximate surface area is 181 Å². The molecule has 0 spiro atoms. The Balaban J connectivity index is 1.95. The van der Waals surface area contributed by atoms with E-state index in [2.05, 4.69) is 5.16 Å². The van der Waals surface area contributed by atoms with E-state index >= 15 is 0 Å². The number of hydrogen-bond donors (Lipinski definition) is 0. The summed E-state index contributed by atoms with van der Waals surface area (Å²) in [4.78, 5) is 17.1. The average Bonchev–Trinajstić information content (AvgIpc) is 3.06. The monoisotopic (exact) mass is 459 g/mol. The standard InChI is InChI=1S/C21H18Cl2F3NO3/c1-11(2)29-19(28)17-5-4-13(6-12(17)3)18-10-20(30-27-18,21(24,25)26)14-7-15(22)9-16(23)8-14/h4-9,11H,10H2,1-3H3. The second-order valence-corrected chi connectivity index (χ2v) is 8.15. The summed E-state index contributed by atoms with van der Waals surface area (Å²) in [7, 11) is 0. The summed E-state index contributed by atoms with van der Waals surface area (Å²) in [6.45, 7) is 5.13. The summed E-state index contributed by atoms with van der Waals surface area (Å²) in [5.41, 5.74) is -1.56. The molecular formula is C21H18Cl2F3NO3. The van der Waals surface area contributed by atoms with Gasteiger partial charge in [0.1, 0.15) is 0 Å². The molecule has 4 nitrogen and oxygen atoms in total. The Hall–Kier alpha value is -2.25. The van der Waals surface area contributed by atoms with E-state index in [-0.39, 0.29) is 27.4 Å². The van der Waals surface area contributed by atoms with Crippen LogP contribution in [0.3, 0.4) is 0 Å². The van der Waals surface area contributed by atoms with Crippen LogP contribution in [0.1, 0.15) is 47.3 Å². The summed E-state index contributed by atoms with van der Waals surface area (Å²) in [6.07, 6.45) is -5.63. The Bertz CT molecular complexity index is 1000. The van der Waals surface area contributed by atoms with Gasteiger partial charge >= 0.3 is 12.1 Å². The number of halogens is 5. The molecule has 2 aromatic rings. The van der Waals surface area contributed by atoms with Gasteiger partial charge in [0.05, 0.1) is 17.4 Å². The lowest BCUT2D eigenvalue weighted by atomic mass is 9.86. The Kier molecular flexibility index (Phi) is 6.07. The van der Waals surface area contributed by atoms with Crippen LogP contribution in [-0.4, -0.2) is 24.0 Å². The molecule has 0 bridgehead atoms. The predicted octanol–water partition coefficient (Wildman–Crippen LogP) is 6.45. The van der Waals surface area contributed by atoms with Gasteiger partial charge in [0.25, 0.3) is 5.60 Å². The first kappa shape index (κ1) is 22.4. The van der Waals surface area contributed by atoms with Crippen LogP contribution in [0.5, 0.6) is 0 Å². The number of benzene rings is 2. The molecule has 1 heterocycles. The lowest BCUT2D eigenvalue weighted by molar-refractivity contribution is -0.275. The SMILES string of the molecule is Cc1cc(C2=NOC(c3cc(Cl)cc(Cl)c3)(C(F)(F)F)C2)ccc1C(=O)OC(C)C. The van der Waals surface area contributed by atoms with Gasteiger partial charge in [-0.3, -0.25) is 0 Å². The third-order valence-electron chi connectivity index (χ3n) is 4.64. The number of ether oxygens (including phenoxy) is 1. The predicted molar refractivity (Wildman–Crippen MR) is 108 cm³/mol. The average molecular weight is 460 g/mol. The van der Waals surface area contributed by atoms with Crippen molar-refractivity contribution in [3.05, 3.63) is 68.7 Å². The van der Waals surface area contributed by atoms with Crippen molar-refractivity contribution >= 4 is 34.9 Å². The van der Waals surface area contributed by atoms with E-state index in [4.69, 9.17) is 32.8 Å². The Morgan fingerprint density at radius 3 is 2.33 bits per heavy atom. The Morgan fingerprint density at radius 1 is 1.17 bits per heavy atom. The largest absolute Gasteiger partial charge is 0.459 e. The number of hydrogen-bond acceptors (Lipinski definition) is 4. The highest BCUT2D eigenvalue weighted by Crippen LogP contribution is 2.49. The molecule has 0 radical (unpaired) electrons. The van der Waals surface area contributed by atoms with E-state index in [1.807, 2.05) is 0 Å². The molecule has 0 amide bonds. The van der Waals surface area contributed by atoms with Gasteiger partial charge in [-0.1, -0.05) is 34.4 Å². The van der Waals surface area contributed by atoms with E-state index in [1.165, 1.54) is 18.2 Å². The first-order valence-corrected chi connectivity index (χ1v) is 9.79. The molecule has 1 aliphatic rings. The molecule has 0 fully saturated rings. The van der Waals surface area contributed by atoms with Gasteiger partial charge in [0.2, 0.25) is 0 Å². The molecule has 0 aliphatic carbocycles. The summed E-state index contributed by atoms with van der Waals surface area (Å²) >= 11 is 11.8. The van der Waals surface area contributed by atoms with Crippen LogP contribution in [0.2, 0.25) is 10.0 Å². The molecule has 0 saturated heterocycles. The van der Waals surface area contributed by atoms with Gasteiger partial charge in [0, 0.05) is 22.0 Å². The number of carbonyl (C=O) groups excluding carboxylic acids is 1. The lowest BCUT2D eigenvalue weighted by Crippen LogP contribution is -2.42. The maximum atomic E-state index is 14.1. The van der Waals surface area contributed by atoms with Crippen molar-refractivity contribution in [1.29, 1.82) is 0 Å². The van der Waals surface area contributed by atoms with E-state index < -0.39 is 24.2 Å². The zero-order valence-electron chi connectivity index (χ0n) is 16.3. The molecule has 30 heavy (non-hydrogen) atoms. The van der Waals surface area contributed by atoms with Crippen LogP contribution >= 0.6 is 23.2 Å². The number of rotatable bonds is 4. The maximum absolute atomic E-state index is 14.1. The summed E-state index contributed by atoms with van der Waals surface area (Å²) in [5.74, 6) is -0.503. The van der Waals surface area contributed by atoms with Crippen molar-refractivity contribution in [3.63, 3.8) is 0 Å². The minimum Gasteiger partial charge on any atom is -0.459 e. The second-order valence-electron chi connectivity index (χ2n) is 7.27. The lowest BCUT2D eigenvalue weighted by Gasteiger charge is -2.29. The number of esters is 1. The van der Waals surface area contributed by atoms with Crippen molar-refractivity contribution in [2.45, 2.75) is 45.1 Å². The van der Waals surface area contributed by atoms with Crippen LogP contribution in [0.15, 0.2) is 41.6 Å². The van der Waals surface area contributed by atoms with Gasteiger partial charge < -0.3 is 9.57 Å². The molecule has 3 rings (SSSR count). The van der Waals surface area contributed by atoms with Gasteiger partial charge in [-0.05, 0) is 62.2 Å². The zero-order valence-corrected chi connectivity index (χ0v) is 17.8. The third kappa shape index (κ3) is 4.27. The smallest absolute Gasteiger partial charge is 0.435 e. The minimum atomic E-state index is -4.78. The van der Waals surface area contributed by atoms with Crippen molar-refractivity contribution in [1.82, 2.24) is 0 Å². The number of carbonyl (C=O) groups is 1. The van der Waals surface area contributed by atoms with Gasteiger partial charge in [-0.25, -0.2) is 4.79 Å². The topological polar surface area (TPSA) is 47.9 Å². The van der Waals surface area contributed by atoms with E-state index in [1.54, 1.807) is 26.8 Å². The fourth-order valence-corrected chi connectivity index (χ4v) is 3.72. The van der Waals surface area contributed by atoms with Crippen LogP contribution < -0.4 is 0 Å². The molecule has 1 unspecified atom stereocenters. The third-order valence-corrected chi connectivity index (χ3v) is 5.07. The molecule has 1 aliphatic heterocycles. The highest BCUT2D eigenvalue weighted by Gasteiger charge is 2.62. The van der Waals surface area contributed by atoms with E-state index in [0.29, 0.717) is 16.7 Å². The molecule has 160 valence electrons. The van der Waals surface area contributed by atoms with Gasteiger partial charge in [-0.2, -0.15) is 13.2 Å². The normalized spacial score (nSPS) is 18.9. The number of alkyl halides is 3. The van der Waals surface area contributed by atoms with Crippen molar-refractivity contribution in [2.24, 2.45) is 5.16 Å². The first-order valence-electron chi connectivity index (χ1n) is 9.03. The highest BCUT2D eigenvalue weighted by atomic mass is 35.5. The van der Waals surface area contributed by atoms with Gasteiger partial charge in [0.15, 0.2) is 0 Å². The van der Waals surface area contributed by atoms with E-state index in [0.717, 1.165) is 12.1 Å². The van der Waals surface area contributed by atoms with Crippen molar-refractivity contribution in [3.8, 4) is 0 Å². The van der Waals surface area contributed by atoms with Crippen molar-refractivity contribution in [2.75, 3.05) is 0 Å². The fraction of sp³-hybridized carbons (Fsp3) is 0.333. The zero-order chi connectivity index (χ0) is 22.3. The molecule has 9 heteroatoms. The molecule has 1 atom stereocenters. The highest BCUT2D eigenvalue weighted by molar-refractivity contribution is 6.34. The molecule has 0 N–H and O–H groups in total. The number of oxime groups is 1. The van der Waals surface area contributed by atoms with Gasteiger partial charge in [-0.15, -0.1) is 0 Å². The molecule has 2 aromatic carbocycles. The number of aryl methyl sites for hydroxylation is 1. The Morgan fingerprint density at radius 2 is 1.80 bits per heavy atom. The number of nitrogens with zero attached hydrogens (tertiary/aromatic N) is 1. The molecule has 0 aromatic heterocycles. The minimum absolute atomic E-state index is 0.0574. The molecule has 0 saturated carbocycles. The van der Waals surface area contributed by atoms with Crippen LogP contribution in [-0.2, 0) is 15.2 Å².